The van der Waals surface area contributed by atoms with Crippen LogP contribution in [0.5, 0.6) is 5.75 Å². The fourth-order valence-electron chi connectivity index (χ4n) is 4.40. The van der Waals surface area contributed by atoms with Crippen molar-refractivity contribution in [1.29, 1.82) is 0 Å². The van der Waals surface area contributed by atoms with Gasteiger partial charge < -0.3 is 4.74 Å². The number of aryl methyl sites for hydroxylation is 1. The van der Waals surface area contributed by atoms with Crippen LogP contribution < -0.4 is 4.74 Å². The summed E-state index contributed by atoms with van der Waals surface area (Å²) in [4.78, 5) is 6.11. The van der Waals surface area contributed by atoms with Crippen molar-refractivity contribution in [3.8, 4) is 5.75 Å². The van der Waals surface area contributed by atoms with Crippen molar-refractivity contribution in [2.75, 3.05) is 7.11 Å². The van der Waals surface area contributed by atoms with Crippen LogP contribution in [0, 0.1) is 5.92 Å². The normalized spacial score (nSPS) is 20.1. The molecule has 1 aliphatic heterocycles. The molecule has 0 saturated carbocycles. The number of benzene rings is 3. The molecular weight excluding hydrogens is 419 g/mol. The first-order valence-corrected chi connectivity index (χ1v) is 11.0. The van der Waals surface area contributed by atoms with E-state index in [0.717, 1.165) is 46.0 Å². The molecule has 0 bridgehead atoms. The molecule has 1 aliphatic carbocycles. The lowest BCUT2D eigenvalue weighted by Gasteiger charge is -2.32. The smallest absolute Gasteiger partial charge is 0.416 e. The Kier molecular flexibility index (Phi) is 5.05. The standard InChI is InChI=1S/C25H20F3NOS/c1-30-18-11-13-19-16(14-18)8-12-20-23(19)29-21-4-2-3-5-22(21)31-24(20)15-6-9-17(10-7-15)25(26,27)28/h2-7,9-11,13-14,20,24H,8,12H2,1H3. The van der Waals surface area contributed by atoms with Gasteiger partial charge in [-0.25, -0.2) is 0 Å². The van der Waals surface area contributed by atoms with Gasteiger partial charge in [0.05, 0.1) is 24.1 Å². The van der Waals surface area contributed by atoms with Crippen LogP contribution in [-0.4, -0.2) is 12.8 Å². The summed E-state index contributed by atoms with van der Waals surface area (Å²) in [6.07, 6.45) is -2.58. The summed E-state index contributed by atoms with van der Waals surface area (Å²) in [5, 5.41) is -0.0139. The number of aliphatic imine (C=N–C) groups is 1. The number of fused-ring (bicyclic) bond motifs is 4. The van der Waals surface area contributed by atoms with Gasteiger partial charge >= 0.3 is 6.18 Å². The lowest BCUT2D eigenvalue weighted by molar-refractivity contribution is -0.137. The number of thioether (sulfide) groups is 1. The number of ether oxygens (including phenoxy) is 1. The van der Waals surface area contributed by atoms with E-state index in [4.69, 9.17) is 9.73 Å². The number of nitrogens with zero attached hydrogens (tertiary/aromatic N) is 1. The minimum atomic E-state index is -4.34. The molecule has 0 N–H and O–H groups in total. The SMILES string of the molecule is COc1ccc2c(c1)CCC1C2=Nc2ccccc2SC1c1ccc(C(F)(F)F)cc1. The first-order valence-electron chi connectivity index (χ1n) is 10.1. The Morgan fingerprint density at radius 1 is 1.00 bits per heavy atom. The molecule has 5 rings (SSSR count). The molecule has 1 heterocycles. The zero-order valence-electron chi connectivity index (χ0n) is 16.8. The second-order valence-corrected chi connectivity index (χ2v) is 8.97. The highest BCUT2D eigenvalue weighted by atomic mass is 32.2. The van der Waals surface area contributed by atoms with Gasteiger partial charge in [-0.3, -0.25) is 4.99 Å². The molecule has 3 aromatic carbocycles. The van der Waals surface area contributed by atoms with E-state index in [1.807, 2.05) is 30.3 Å². The van der Waals surface area contributed by atoms with Gasteiger partial charge in [-0.15, -0.1) is 11.8 Å². The van der Waals surface area contributed by atoms with E-state index in [-0.39, 0.29) is 11.2 Å². The highest BCUT2D eigenvalue weighted by Gasteiger charge is 2.37. The predicted octanol–water partition coefficient (Wildman–Crippen LogP) is 7.24. The molecule has 2 nitrogen and oxygen atoms in total. The van der Waals surface area contributed by atoms with Crippen LogP contribution in [0.25, 0.3) is 0 Å². The molecule has 0 spiro atoms. The van der Waals surface area contributed by atoms with Gasteiger partial charge in [-0.2, -0.15) is 13.2 Å². The lowest BCUT2D eigenvalue weighted by Crippen LogP contribution is -2.27. The molecule has 158 valence electrons. The summed E-state index contributed by atoms with van der Waals surface area (Å²) >= 11 is 1.69. The molecule has 31 heavy (non-hydrogen) atoms. The van der Waals surface area contributed by atoms with E-state index in [1.54, 1.807) is 31.0 Å². The summed E-state index contributed by atoms with van der Waals surface area (Å²) < 4.78 is 44.6. The largest absolute Gasteiger partial charge is 0.497 e. The van der Waals surface area contributed by atoms with Crippen LogP contribution in [-0.2, 0) is 12.6 Å². The quantitative estimate of drug-likeness (QED) is 0.420. The van der Waals surface area contributed by atoms with E-state index < -0.39 is 11.7 Å². The van der Waals surface area contributed by atoms with Crippen LogP contribution in [0.3, 0.4) is 0 Å². The van der Waals surface area contributed by atoms with Crippen molar-refractivity contribution in [1.82, 2.24) is 0 Å². The molecule has 6 heteroatoms. The number of hydrogen-bond donors (Lipinski definition) is 0. The van der Waals surface area contributed by atoms with Crippen molar-refractivity contribution in [2.45, 2.75) is 29.2 Å². The van der Waals surface area contributed by atoms with Crippen LogP contribution in [0.1, 0.15) is 33.9 Å². The van der Waals surface area contributed by atoms with E-state index in [9.17, 15) is 13.2 Å². The molecule has 0 radical (unpaired) electrons. The zero-order chi connectivity index (χ0) is 21.6. The first kappa shape index (κ1) is 20.2. The molecule has 3 aromatic rings. The first-order chi connectivity index (χ1) is 14.9. The van der Waals surface area contributed by atoms with Gasteiger partial charge in [-0.05, 0) is 72.0 Å². The van der Waals surface area contributed by atoms with Gasteiger partial charge in [0.25, 0.3) is 0 Å². The molecule has 0 aromatic heterocycles. The van der Waals surface area contributed by atoms with Gasteiger partial charge in [0.2, 0.25) is 0 Å². The second kappa shape index (κ2) is 7.75. The maximum Gasteiger partial charge on any atom is 0.416 e. The molecule has 0 fully saturated rings. The number of alkyl halides is 3. The molecule has 2 aliphatic rings. The van der Waals surface area contributed by atoms with E-state index >= 15 is 0 Å². The topological polar surface area (TPSA) is 21.6 Å². The Balaban J connectivity index is 1.62. The Morgan fingerprint density at radius 3 is 2.52 bits per heavy atom. The Hall–Kier alpha value is -2.73. The third kappa shape index (κ3) is 3.74. The minimum Gasteiger partial charge on any atom is -0.497 e. The maximum absolute atomic E-state index is 13.1. The second-order valence-electron chi connectivity index (χ2n) is 7.79. The average Bonchev–Trinajstić information content (AvgIpc) is 2.95. The van der Waals surface area contributed by atoms with Gasteiger partial charge in [0.15, 0.2) is 0 Å². The summed E-state index contributed by atoms with van der Waals surface area (Å²) in [6, 6.07) is 19.7. The van der Waals surface area contributed by atoms with Crippen molar-refractivity contribution in [2.24, 2.45) is 10.9 Å². The van der Waals surface area contributed by atoms with Crippen LogP contribution in [0.4, 0.5) is 18.9 Å². The highest BCUT2D eigenvalue weighted by Crippen LogP contribution is 2.51. The van der Waals surface area contributed by atoms with Crippen LogP contribution in [0.2, 0.25) is 0 Å². The maximum atomic E-state index is 13.1. The van der Waals surface area contributed by atoms with Gasteiger partial charge in [0, 0.05) is 16.1 Å². The number of para-hydroxylation sites is 1. The Labute approximate surface area is 183 Å². The van der Waals surface area contributed by atoms with Gasteiger partial charge in [0.1, 0.15) is 5.75 Å². The molecule has 2 unspecified atom stereocenters. The summed E-state index contributed by atoms with van der Waals surface area (Å²) in [5.74, 6) is 0.926. The Bertz CT molecular complexity index is 1150. The molecular formula is C25H20F3NOS. The number of rotatable bonds is 2. The molecule has 2 atom stereocenters. The minimum absolute atomic E-state index is 0.0139. The van der Waals surface area contributed by atoms with Gasteiger partial charge in [-0.1, -0.05) is 24.3 Å². The van der Waals surface area contributed by atoms with Crippen molar-refractivity contribution in [3.63, 3.8) is 0 Å². The number of methoxy groups -OCH3 is 1. The average molecular weight is 440 g/mol. The lowest BCUT2D eigenvalue weighted by atomic mass is 9.78. The summed E-state index contributed by atoms with van der Waals surface area (Å²) in [6.45, 7) is 0. The number of hydrogen-bond acceptors (Lipinski definition) is 3. The van der Waals surface area contributed by atoms with Crippen LogP contribution in [0.15, 0.2) is 76.6 Å². The third-order valence-corrected chi connectivity index (χ3v) is 7.41. The zero-order valence-corrected chi connectivity index (χ0v) is 17.6. The monoisotopic (exact) mass is 439 g/mol. The van der Waals surface area contributed by atoms with E-state index in [0.29, 0.717) is 0 Å². The van der Waals surface area contributed by atoms with Crippen molar-refractivity contribution < 1.29 is 17.9 Å². The predicted molar refractivity (Wildman–Crippen MR) is 117 cm³/mol. The molecule has 0 saturated heterocycles. The summed E-state index contributed by atoms with van der Waals surface area (Å²) in [7, 11) is 1.66. The molecule has 0 amide bonds. The number of halogens is 3. The fraction of sp³-hybridized carbons (Fsp3) is 0.240. The van der Waals surface area contributed by atoms with Crippen LogP contribution >= 0.6 is 11.8 Å². The third-order valence-electron chi connectivity index (χ3n) is 5.96. The highest BCUT2D eigenvalue weighted by molar-refractivity contribution is 7.99. The van der Waals surface area contributed by atoms with Crippen molar-refractivity contribution >= 4 is 23.2 Å². The fourth-order valence-corrected chi connectivity index (χ4v) is 5.79. The van der Waals surface area contributed by atoms with E-state index in [2.05, 4.69) is 12.1 Å². The van der Waals surface area contributed by atoms with E-state index in [1.165, 1.54) is 17.7 Å². The van der Waals surface area contributed by atoms with Crippen molar-refractivity contribution in [3.05, 3.63) is 89.0 Å². The Morgan fingerprint density at radius 2 is 1.77 bits per heavy atom. The summed E-state index contributed by atoms with van der Waals surface area (Å²) in [5.41, 5.74) is 4.49.